The van der Waals surface area contributed by atoms with E-state index in [4.69, 9.17) is 27.9 Å². The van der Waals surface area contributed by atoms with Gasteiger partial charge in [-0.25, -0.2) is 4.79 Å². The van der Waals surface area contributed by atoms with Gasteiger partial charge in [-0.05, 0) is 35.9 Å². The van der Waals surface area contributed by atoms with Crippen molar-refractivity contribution >= 4 is 34.1 Å². The molecule has 5 rings (SSSR count). The van der Waals surface area contributed by atoms with Gasteiger partial charge in [-0.3, -0.25) is 13.9 Å². The number of aryl methyl sites for hydroxylation is 1. The third-order valence-corrected chi connectivity index (χ3v) is 6.48. The van der Waals surface area contributed by atoms with Gasteiger partial charge in [0.05, 0.1) is 33.9 Å². The van der Waals surface area contributed by atoms with Crippen molar-refractivity contribution in [2.75, 3.05) is 6.61 Å². The molecule has 1 N–H and O–H groups in total. The molecule has 0 unspecified atom stereocenters. The first kappa shape index (κ1) is 20.9. The summed E-state index contributed by atoms with van der Waals surface area (Å²) in [5, 5.41) is 11.0. The van der Waals surface area contributed by atoms with Gasteiger partial charge >= 0.3 is 5.69 Å². The standard InChI is InChI=1S/C23H19Cl2N3O4/c1-26-19-17(22(30)27(2)23(26)31)18(15-8-5-13(24)11-16(15)25)28-9-10-32-21(20(19)28)12-3-6-14(29)7-4-12/h3-8,11,21,29H,9-10H2,1-2H3/t21-/m0/s1. The molecule has 1 aliphatic rings. The monoisotopic (exact) mass is 471 g/mol. The Morgan fingerprint density at radius 1 is 1.03 bits per heavy atom. The largest absolute Gasteiger partial charge is 0.508 e. The summed E-state index contributed by atoms with van der Waals surface area (Å²) < 4.78 is 10.7. The zero-order valence-corrected chi connectivity index (χ0v) is 18.8. The summed E-state index contributed by atoms with van der Waals surface area (Å²) in [5.41, 5.74) is 2.42. The van der Waals surface area contributed by atoms with Crippen molar-refractivity contribution in [2.45, 2.75) is 12.6 Å². The maximum absolute atomic E-state index is 13.4. The molecule has 4 aromatic rings. The highest BCUT2D eigenvalue weighted by Gasteiger charge is 2.33. The average molecular weight is 472 g/mol. The van der Waals surface area contributed by atoms with E-state index in [1.54, 1.807) is 49.5 Å². The maximum atomic E-state index is 13.4. The first-order valence-electron chi connectivity index (χ1n) is 9.97. The zero-order chi connectivity index (χ0) is 22.7. The van der Waals surface area contributed by atoms with Crippen molar-refractivity contribution in [3.63, 3.8) is 0 Å². The van der Waals surface area contributed by atoms with Gasteiger partial charge in [0, 0.05) is 31.2 Å². The highest BCUT2D eigenvalue weighted by atomic mass is 35.5. The van der Waals surface area contributed by atoms with Crippen LogP contribution >= 0.6 is 23.2 Å². The second-order valence-electron chi connectivity index (χ2n) is 7.78. The fraction of sp³-hybridized carbons (Fsp3) is 0.217. The van der Waals surface area contributed by atoms with Crippen LogP contribution in [0, 0.1) is 0 Å². The normalized spacial score (nSPS) is 15.8. The molecule has 1 aliphatic heterocycles. The zero-order valence-electron chi connectivity index (χ0n) is 17.3. The number of phenols is 1. The van der Waals surface area contributed by atoms with Gasteiger partial charge in [-0.1, -0.05) is 35.3 Å². The third-order valence-electron chi connectivity index (χ3n) is 5.93. The van der Waals surface area contributed by atoms with Gasteiger partial charge in [-0.15, -0.1) is 0 Å². The predicted octanol–water partition coefficient (Wildman–Crippen LogP) is 3.84. The third kappa shape index (κ3) is 3.00. The van der Waals surface area contributed by atoms with Gasteiger partial charge in [0.25, 0.3) is 5.56 Å². The summed E-state index contributed by atoms with van der Waals surface area (Å²) in [6.07, 6.45) is -0.538. The van der Waals surface area contributed by atoms with Crippen molar-refractivity contribution < 1.29 is 9.84 Å². The Hall–Kier alpha value is -3.00. The first-order chi connectivity index (χ1) is 15.3. The number of hydrogen-bond donors (Lipinski definition) is 1. The van der Waals surface area contributed by atoms with Gasteiger partial charge in [-0.2, -0.15) is 0 Å². The lowest BCUT2D eigenvalue weighted by atomic mass is 10.0. The van der Waals surface area contributed by atoms with Crippen LogP contribution in [-0.2, 0) is 25.4 Å². The summed E-state index contributed by atoms with van der Waals surface area (Å²) in [6, 6.07) is 11.8. The lowest BCUT2D eigenvalue weighted by Gasteiger charge is -2.28. The Bertz CT molecular complexity index is 1500. The Morgan fingerprint density at radius 2 is 1.75 bits per heavy atom. The van der Waals surface area contributed by atoms with Crippen LogP contribution in [0.15, 0.2) is 52.1 Å². The van der Waals surface area contributed by atoms with Crippen molar-refractivity contribution in [1.29, 1.82) is 0 Å². The number of halogens is 2. The molecule has 0 saturated carbocycles. The van der Waals surface area contributed by atoms with Crippen LogP contribution in [0.2, 0.25) is 10.0 Å². The van der Waals surface area contributed by atoms with E-state index in [1.165, 1.54) is 11.6 Å². The van der Waals surface area contributed by atoms with Gasteiger partial charge in [0.2, 0.25) is 0 Å². The second-order valence-corrected chi connectivity index (χ2v) is 8.63. The van der Waals surface area contributed by atoms with Crippen LogP contribution in [0.1, 0.15) is 17.4 Å². The van der Waals surface area contributed by atoms with Crippen LogP contribution < -0.4 is 11.2 Å². The van der Waals surface area contributed by atoms with E-state index in [2.05, 4.69) is 0 Å². The number of nitrogens with zero attached hydrogens (tertiary/aromatic N) is 3. The lowest BCUT2D eigenvalue weighted by Crippen LogP contribution is -2.37. The molecule has 0 bridgehead atoms. The molecule has 0 saturated heterocycles. The van der Waals surface area contributed by atoms with E-state index in [1.807, 2.05) is 4.57 Å². The predicted molar refractivity (Wildman–Crippen MR) is 124 cm³/mol. The fourth-order valence-electron chi connectivity index (χ4n) is 4.44. The molecule has 1 atom stereocenters. The molecule has 0 aliphatic carbocycles. The SMILES string of the molecule is Cn1c(=O)c2c(-c3ccc(Cl)cc3Cl)n3c(c2n(C)c1=O)[C@H](c1ccc(O)cc1)OCC3. The van der Waals surface area contributed by atoms with E-state index in [9.17, 15) is 14.7 Å². The van der Waals surface area contributed by atoms with Crippen LogP contribution in [0.3, 0.4) is 0 Å². The average Bonchev–Trinajstić information content (AvgIpc) is 3.12. The number of benzene rings is 2. The van der Waals surface area contributed by atoms with E-state index in [-0.39, 0.29) is 5.75 Å². The minimum absolute atomic E-state index is 0.139. The molecule has 2 aromatic carbocycles. The number of aromatic nitrogens is 3. The van der Waals surface area contributed by atoms with E-state index < -0.39 is 17.4 Å². The first-order valence-corrected chi connectivity index (χ1v) is 10.7. The van der Waals surface area contributed by atoms with Crippen LogP contribution in [-0.4, -0.2) is 25.4 Å². The molecule has 0 fully saturated rings. The Morgan fingerprint density at radius 3 is 2.44 bits per heavy atom. The summed E-state index contributed by atoms with van der Waals surface area (Å²) in [5.74, 6) is 0.139. The Labute approximate surface area is 192 Å². The topological polar surface area (TPSA) is 78.4 Å². The Balaban J connectivity index is 1.95. The molecular weight excluding hydrogens is 453 g/mol. The molecule has 9 heteroatoms. The second kappa shape index (κ2) is 7.55. The van der Waals surface area contributed by atoms with Gasteiger partial charge in [0.15, 0.2) is 0 Å². The van der Waals surface area contributed by atoms with Gasteiger partial charge < -0.3 is 14.4 Å². The lowest BCUT2D eigenvalue weighted by molar-refractivity contribution is 0.0478. The van der Waals surface area contributed by atoms with Crippen molar-refractivity contribution in [2.24, 2.45) is 14.1 Å². The number of aromatic hydroxyl groups is 1. The molecule has 0 radical (unpaired) electrons. The Kier molecular flexibility index (Phi) is 4.93. The number of phenolic OH excluding ortho intramolecular Hbond substituents is 1. The van der Waals surface area contributed by atoms with Crippen LogP contribution in [0.25, 0.3) is 22.2 Å². The van der Waals surface area contributed by atoms with E-state index in [0.29, 0.717) is 51.1 Å². The smallest absolute Gasteiger partial charge is 0.331 e. The number of fused-ring (bicyclic) bond motifs is 3. The van der Waals surface area contributed by atoms with E-state index >= 15 is 0 Å². The van der Waals surface area contributed by atoms with Crippen molar-refractivity contribution in [3.8, 4) is 17.0 Å². The molecule has 0 amide bonds. The highest BCUT2D eigenvalue weighted by Crippen LogP contribution is 2.42. The molecule has 7 nitrogen and oxygen atoms in total. The number of rotatable bonds is 2. The maximum Gasteiger partial charge on any atom is 0.331 e. The molecule has 32 heavy (non-hydrogen) atoms. The minimum atomic E-state index is -0.538. The molecule has 0 spiro atoms. The summed E-state index contributed by atoms with van der Waals surface area (Å²) in [7, 11) is 3.10. The molecular formula is C23H19Cl2N3O4. The number of ether oxygens (including phenoxy) is 1. The molecule has 3 heterocycles. The van der Waals surface area contributed by atoms with Crippen molar-refractivity contribution in [1.82, 2.24) is 13.7 Å². The highest BCUT2D eigenvalue weighted by molar-refractivity contribution is 6.36. The molecule has 2 aromatic heterocycles. The molecule has 164 valence electrons. The summed E-state index contributed by atoms with van der Waals surface area (Å²) in [6.45, 7) is 0.871. The number of hydrogen-bond acceptors (Lipinski definition) is 4. The van der Waals surface area contributed by atoms with Crippen LogP contribution in [0.5, 0.6) is 5.75 Å². The van der Waals surface area contributed by atoms with Crippen LogP contribution in [0.4, 0.5) is 0 Å². The minimum Gasteiger partial charge on any atom is -0.508 e. The van der Waals surface area contributed by atoms with Gasteiger partial charge in [0.1, 0.15) is 11.9 Å². The quantitative estimate of drug-likeness (QED) is 0.481. The summed E-state index contributed by atoms with van der Waals surface area (Å²) >= 11 is 12.7. The van der Waals surface area contributed by atoms with E-state index in [0.717, 1.165) is 10.1 Å². The van der Waals surface area contributed by atoms with Crippen molar-refractivity contribution in [3.05, 3.63) is 84.6 Å². The fourth-order valence-corrected chi connectivity index (χ4v) is 4.94. The summed E-state index contributed by atoms with van der Waals surface area (Å²) in [4.78, 5) is 26.2.